The van der Waals surface area contributed by atoms with Crippen molar-refractivity contribution in [3.05, 3.63) is 174 Å². The van der Waals surface area contributed by atoms with E-state index in [0.29, 0.717) is 63.2 Å². The Balaban J connectivity index is 0.000000198. The Morgan fingerprint density at radius 3 is 1.34 bits per heavy atom. The SMILES string of the molecule is CCOC(=O)CC(=O)c1ccc(Cl)nc1.CCOC(=O)c1c(-c2c(Cl)cc(Cl)cc2Cl)noc1-c1ccc(Cl)nc1.O/N=C/c1c(Cl)cc(Cl)cc1Cl.O=C(O)c1c(-c2c(Cl)cc(Cl)cc2Cl)noc1-c1ccc(Cl)nc1. The third-order valence-electron chi connectivity index (χ3n) is 9.43. The summed E-state index contributed by atoms with van der Waals surface area (Å²) >= 11 is 70.9. The highest BCUT2D eigenvalue weighted by molar-refractivity contribution is 6.43. The average molecular weight is 1290 g/mol. The van der Waals surface area contributed by atoms with E-state index in [9.17, 15) is 24.3 Å². The summed E-state index contributed by atoms with van der Waals surface area (Å²) in [6.45, 7) is 3.82. The fraction of sp³-hybridized carbons (Fsp3) is 0.102. The number of carboxylic acid groups (broad SMARTS) is 1. The quantitative estimate of drug-likeness (QED) is 0.0220. The van der Waals surface area contributed by atoms with Crippen molar-refractivity contribution >= 4 is 169 Å². The number of carboxylic acids is 1. The van der Waals surface area contributed by atoms with Gasteiger partial charge >= 0.3 is 17.9 Å². The molecule has 0 saturated carbocycles. The molecule has 400 valence electrons. The first-order valence-corrected chi connectivity index (χ1v) is 25.7. The predicted octanol–water partition coefficient (Wildman–Crippen LogP) is 17.2. The van der Waals surface area contributed by atoms with Crippen molar-refractivity contribution in [1.82, 2.24) is 25.3 Å². The second-order valence-corrected chi connectivity index (χ2v) is 19.4. The molecular formula is C49H30Cl12N6O10. The molecule has 0 aliphatic heterocycles. The molecule has 3 aromatic carbocycles. The standard InChI is InChI=1S/C17H10Cl4N2O3.C15H6Cl4N2O3.C10H10ClNO3.C7H4Cl3NO/c1-2-25-17(24)14-15(13-10(19)5-9(18)6-11(13)20)23-26-16(14)8-3-4-12(21)22-7-8;16-7-3-8(17)11(9(18)4-7)13-12(15(22)23)14(24-21-13)6-1-2-10(19)20-5-6;1-2-15-10(14)5-8(13)7-3-4-9(11)12-6-7;8-4-1-6(9)5(3-11-12)7(10)2-4/h3-7H,2H2,1H3;1-5H,(H,22,23);3-4,6H,2,5H2,1H3;1-3,12H/b;;;11-3+. The lowest BCUT2D eigenvalue weighted by Gasteiger charge is -2.08. The van der Waals surface area contributed by atoms with E-state index >= 15 is 0 Å². The number of pyridine rings is 3. The lowest BCUT2D eigenvalue weighted by atomic mass is 10.0. The summed E-state index contributed by atoms with van der Waals surface area (Å²) in [6.07, 6.45) is 5.06. The van der Waals surface area contributed by atoms with E-state index in [2.05, 4.69) is 35.2 Å². The van der Waals surface area contributed by atoms with Gasteiger partial charge in [-0.1, -0.05) is 155 Å². The zero-order chi connectivity index (χ0) is 56.7. The number of rotatable bonds is 12. The van der Waals surface area contributed by atoms with Crippen LogP contribution in [0.15, 0.2) is 106 Å². The number of ether oxygens (including phenoxy) is 2. The Morgan fingerprint density at radius 2 is 0.961 bits per heavy atom. The molecule has 0 fully saturated rings. The molecule has 5 aromatic heterocycles. The highest BCUT2D eigenvalue weighted by Gasteiger charge is 2.30. The summed E-state index contributed by atoms with van der Waals surface area (Å²) in [5.41, 5.74) is 2.29. The number of esters is 2. The van der Waals surface area contributed by atoms with E-state index in [-0.39, 0.29) is 90.3 Å². The fourth-order valence-electron chi connectivity index (χ4n) is 6.18. The Morgan fingerprint density at radius 1 is 0.558 bits per heavy atom. The number of carbonyl (C=O) groups excluding carboxylic acids is 3. The molecule has 5 heterocycles. The molecule has 2 N–H and O–H groups in total. The van der Waals surface area contributed by atoms with Gasteiger partial charge in [-0.2, -0.15) is 0 Å². The van der Waals surface area contributed by atoms with Crippen LogP contribution in [-0.2, 0) is 14.3 Å². The topological polar surface area (TPSA) is 230 Å². The van der Waals surface area contributed by atoms with Gasteiger partial charge in [0.2, 0.25) is 0 Å². The number of aromatic nitrogens is 5. The molecule has 28 heteroatoms. The summed E-state index contributed by atoms with van der Waals surface area (Å²) < 4.78 is 20.4. The fourth-order valence-corrected chi connectivity index (χ4v) is 9.43. The van der Waals surface area contributed by atoms with Crippen LogP contribution in [-0.4, -0.2) is 78.7 Å². The summed E-state index contributed by atoms with van der Waals surface area (Å²) in [5, 5.41) is 31.9. The molecule has 0 spiro atoms. The van der Waals surface area contributed by atoms with E-state index in [4.69, 9.17) is 158 Å². The second kappa shape index (κ2) is 29.5. The summed E-state index contributed by atoms with van der Waals surface area (Å²) in [4.78, 5) is 58.4. The molecular weight excluding hydrogens is 1260 g/mol. The molecule has 16 nitrogen and oxygen atoms in total. The molecule has 0 aliphatic carbocycles. The van der Waals surface area contributed by atoms with Crippen LogP contribution in [0.4, 0.5) is 0 Å². The van der Waals surface area contributed by atoms with Crippen LogP contribution in [0.3, 0.4) is 0 Å². The molecule has 0 unspecified atom stereocenters. The van der Waals surface area contributed by atoms with Crippen LogP contribution in [0.25, 0.3) is 45.2 Å². The Hall–Kier alpha value is -5.44. The first kappa shape index (κ1) is 62.4. The number of benzene rings is 3. The van der Waals surface area contributed by atoms with Gasteiger partial charge in [0, 0.05) is 67.0 Å². The number of ketones is 1. The maximum absolute atomic E-state index is 12.6. The molecule has 0 radical (unpaired) electrons. The van der Waals surface area contributed by atoms with Crippen LogP contribution in [0.2, 0.25) is 60.7 Å². The van der Waals surface area contributed by atoms with Gasteiger partial charge in [-0.3, -0.25) is 9.59 Å². The highest BCUT2D eigenvalue weighted by Crippen LogP contribution is 2.43. The molecule has 8 rings (SSSR count). The third-order valence-corrected chi connectivity index (χ3v) is 12.6. The lowest BCUT2D eigenvalue weighted by Crippen LogP contribution is -2.11. The van der Waals surface area contributed by atoms with Gasteiger partial charge in [-0.25, -0.2) is 24.5 Å². The van der Waals surface area contributed by atoms with Crippen molar-refractivity contribution in [2.24, 2.45) is 5.16 Å². The van der Waals surface area contributed by atoms with Gasteiger partial charge in [-0.05, 0) is 86.6 Å². The molecule has 0 amide bonds. The second-order valence-electron chi connectivity index (χ2n) is 14.5. The van der Waals surface area contributed by atoms with Gasteiger partial charge in [-0.15, -0.1) is 0 Å². The number of hydrogen-bond acceptors (Lipinski definition) is 15. The van der Waals surface area contributed by atoms with E-state index in [1.807, 2.05) is 0 Å². The smallest absolute Gasteiger partial charge is 0.344 e. The minimum atomic E-state index is -1.25. The molecule has 0 bridgehead atoms. The minimum Gasteiger partial charge on any atom is -0.477 e. The number of nitrogens with zero attached hydrogens (tertiary/aromatic N) is 6. The molecule has 77 heavy (non-hydrogen) atoms. The Kier molecular flexibility index (Phi) is 23.9. The summed E-state index contributed by atoms with van der Waals surface area (Å²) in [7, 11) is 0. The van der Waals surface area contributed by atoms with Gasteiger partial charge < -0.3 is 28.8 Å². The minimum absolute atomic E-state index is 0.000818. The van der Waals surface area contributed by atoms with Gasteiger partial charge in [0.25, 0.3) is 0 Å². The number of oxime groups is 1. The first-order valence-electron chi connectivity index (χ1n) is 21.1. The van der Waals surface area contributed by atoms with Gasteiger partial charge in [0.15, 0.2) is 17.3 Å². The summed E-state index contributed by atoms with van der Waals surface area (Å²) in [6, 6.07) is 18.2. The van der Waals surface area contributed by atoms with Crippen LogP contribution in [0.5, 0.6) is 0 Å². The Bertz CT molecular complexity index is 3380. The number of Topliss-reactive ketones (excluding diaryl/α,β-unsaturated/α-hetero) is 1. The van der Waals surface area contributed by atoms with Crippen LogP contribution in [0.1, 0.15) is 56.9 Å². The Labute approximate surface area is 496 Å². The number of carbonyl (C=O) groups is 4. The summed E-state index contributed by atoms with van der Waals surface area (Å²) in [5.74, 6) is -2.54. The van der Waals surface area contributed by atoms with Gasteiger partial charge in [0.05, 0.1) is 49.6 Å². The number of halogens is 12. The van der Waals surface area contributed by atoms with E-state index in [1.165, 1.54) is 73.2 Å². The van der Waals surface area contributed by atoms with E-state index in [1.54, 1.807) is 32.0 Å². The monoisotopic (exact) mass is 1280 g/mol. The van der Waals surface area contributed by atoms with Crippen molar-refractivity contribution in [3.63, 3.8) is 0 Å². The number of aromatic carboxylic acids is 1. The van der Waals surface area contributed by atoms with E-state index < -0.39 is 17.9 Å². The maximum atomic E-state index is 12.6. The van der Waals surface area contributed by atoms with Crippen LogP contribution in [0, 0.1) is 0 Å². The zero-order valence-corrected chi connectivity index (χ0v) is 47.8. The molecule has 0 atom stereocenters. The molecule has 8 aromatic rings. The van der Waals surface area contributed by atoms with Crippen molar-refractivity contribution in [1.29, 1.82) is 0 Å². The normalized spacial score (nSPS) is 10.6. The largest absolute Gasteiger partial charge is 0.477 e. The van der Waals surface area contributed by atoms with Crippen molar-refractivity contribution in [2.75, 3.05) is 13.2 Å². The lowest BCUT2D eigenvalue weighted by molar-refractivity contribution is -0.141. The maximum Gasteiger partial charge on any atom is 0.344 e. The predicted molar refractivity (Wildman–Crippen MR) is 299 cm³/mol. The third kappa shape index (κ3) is 17.0. The molecule has 0 aliphatic rings. The number of hydrogen-bond donors (Lipinski definition) is 2. The zero-order valence-electron chi connectivity index (χ0n) is 38.7. The van der Waals surface area contributed by atoms with Crippen molar-refractivity contribution in [2.45, 2.75) is 20.3 Å². The van der Waals surface area contributed by atoms with E-state index in [0.717, 1.165) is 6.21 Å². The van der Waals surface area contributed by atoms with Crippen LogP contribution < -0.4 is 0 Å². The first-order chi connectivity index (χ1) is 36.6. The highest BCUT2D eigenvalue weighted by atomic mass is 35.5. The molecule has 0 saturated heterocycles. The van der Waals surface area contributed by atoms with Crippen molar-refractivity contribution < 1.29 is 48.0 Å². The average Bonchev–Trinajstić information content (AvgIpc) is 4.01. The van der Waals surface area contributed by atoms with Crippen molar-refractivity contribution in [3.8, 4) is 45.2 Å². The van der Waals surface area contributed by atoms with Gasteiger partial charge in [0.1, 0.15) is 44.4 Å². The van der Waals surface area contributed by atoms with Crippen LogP contribution >= 0.6 is 139 Å².